The van der Waals surface area contributed by atoms with E-state index >= 15 is 0 Å². The number of ether oxygens (including phenoxy) is 1. The number of nitrogens with two attached hydrogens (primary N) is 1. The van der Waals surface area contributed by atoms with Crippen molar-refractivity contribution in [2.24, 2.45) is 5.73 Å². The van der Waals surface area contributed by atoms with Crippen molar-refractivity contribution in [3.8, 4) is 0 Å². The average molecular weight is 250 g/mol. The summed E-state index contributed by atoms with van der Waals surface area (Å²) in [6.45, 7) is 9.33. The van der Waals surface area contributed by atoms with Crippen LogP contribution in [0.4, 0.5) is 4.79 Å². The summed E-state index contributed by atoms with van der Waals surface area (Å²) in [4.78, 5) is 10.4. The molecule has 1 aromatic rings. The minimum atomic E-state index is -0.730. The Morgan fingerprint density at radius 2 is 1.89 bits per heavy atom. The third-order valence-corrected chi connectivity index (χ3v) is 3.15. The van der Waals surface area contributed by atoms with Crippen LogP contribution in [0.1, 0.15) is 35.2 Å². The van der Waals surface area contributed by atoms with Crippen molar-refractivity contribution in [2.75, 3.05) is 13.2 Å². The van der Waals surface area contributed by atoms with E-state index in [0.29, 0.717) is 13.2 Å². The first-order valence-corrected chi connectivity index (χ1v) is 6.15. The second-order valence-corrected chi connectivity index (χ2v) is 4.64. The Balaban J connectivity index is 2.58. The topological polar surface area (TPSA) is 64.3 Å². The molecule has 1 amide bonds. The van der Waals surface area contributed by atoms with Gasteiger partial charge in [0.25, 0.3) is 0 Å². The molecule has 1 aromatic carbocycles. The fourth-order valence-corrected chi connectivity index (χ4v) is 1.99. The van der Waals surface area contributed by atoms with Crippen LogP contribution in [0.2, 0.25) is 0 Å². The molecule has 0 bridgehead atoms. The first kappa shape index (κ1) is 14.5. The van der Waals surface area contributed by atoms with E-state index in [1.165, 1.54) is 22.3 Å². The summed E-state index contributed by atoms with van der Waals surface area (Å²) in [5, 5.41) is 3.31. The van der Waals surface area contributed by atoms with Crippen LogP contribution in [-0.2, 0) is 4.74 Å². The van der Waals surface area contributed by atoms with Gasteiger partial charge < -0.3 is 15.8 Å². The molecule has 4 heteroatoms. The molecule has 4 nitrogen and oxygen atoms in total. The van der Waals surface area contributed by atoms with Gasteiger partial charge in [-0.3, -0.25) is 0 Å². The van der Waals surface area contributed by atoms with Crippen molar-refractivity contribution in [1.82, 2.24) is 5.32 Å². The third kappa shape index (κ3) is 4.04. The minimum absolute atomic E-state index is 0.223. The lowest BCUT2D eigenvalue weighted by molar-refractivity contribution is 0.156. The lowest BCUT2D eigenvalue weighted by atomic mass is 9.96. The lowest BCUT2D eigenvalue weighted by Gasteiger charge is -2.18. The molecular formula is C14H22N2O2. The number of rotatable bonds is 5. The van der Waals surface area contributed by atoms with Crippen LogP contribution < -0.4 is 11.1 Å². The molecule has 1 atom stereocenters. The van der Waals surface area contributed by atoms with Crippen molar-refractivity contribution in [3.63, 3.8) is 0 Å². The highest BCUT2D eigenvalue weighted by molar-refractivity contribution is 5.64. The van der Waals surface area contributed by atoms with Gasteiger partial charge in [-0.05, 0) is 49.9 Å². The molecule has 0 heterocycles. The van der Waals surface area contributed by atoms with Crippen LogP contribution in [0.15, 0.2) is 12.1 Å². The number of amides is 1. The van der Waals surface area contributed by atoms with E-state index in [1.807, 2.05) is 0 Å². The molecule has 0 radical (unpaired) electrons. The fraction of sp³-hybridized carbons (Fsp3) is 0.500. The molecule has 0 aliphatic carbocycles. The smallest absolute Gasteiger partial charge is 0.404 e. The van der Waals surface area contributed by atoms with Crippen molar-refractivity contribution in [2.45, 2.75) is 33.7 Å². The van der Waals surface area contributed by atoms with Gasteiger partial charge in [0.2, 0.25) is 0 Å². The predicted octanol–water partition coefficient (Wildman–Crippen LogP) is 2.36. The number of benzene rings is 1. The van der Waals surface area contributed by atoms with Crippen LogP contribution in [0.3, 0.4) is 0 Å². The predicted molar refractivity (Wildman–Crippen MR) is 72.6 cm³/mol. The van der Waals surface area contributed by atoms with Gasteiger partial charge in [-0.2, -0.15) is 0 Å². The molecule has 1 rings (SSSR count). The zero-order valence-electron chi connectivity index (χ0n) is 11.5. The van der Waals surface area contributed by atoms with Gasteiger partial charge in [-0.1, -0.05) is 12.1 Å². The monoisotopic (exact) mass is 250 g/mol. The number of carbonyl (C=O) groups is 1. The van der Waals surface area contributed by atoms with E-state index in [0.717, 1.165) is 0 Å². The lowest BCUT2D eigenvalue weighted by Crippen LogP contribution is -2.26. The van der Waals surface area contributed by atoms with Crippen molar-refractivity contribution >= 4 is 6.09 Å². The number of nitrogens with one attached hydrogen (secondary N) is 1. The first-order valence-electron chi connectivity index (χ1n) is 6.15. The summed E-state index contributed by atoms with van der Waals surface area (Å²) in [6.07, 6.45) is -0.730. The fourth-order valence-electron chi connectivity index (χ4n) is 1.99. The summed E-state index contributed by atoms with van der Waals surface area (Å²) in [5.74, 6) is 0. The number of aryl methyl sites for hydroxylation is 3. The molecule has 0 saturated carbocycles. The molecule has 0 fully saturated rings. The molecule has 0 aromatic heterocycles. The number of hydrogen-bond donors (Lipinski definition) is 2. The van der Waals surface area contributed by atoms with Gasteiger partial charge in [0.05, 0.1) is 0 Å². The van der Waals surface area contributed by atoms with Crippen molar-refractivity contribution in [3.05, 3.63) is 34.4 Å². The SMILES string of the molecule is Cc1cc(C)c(C(C)NCCOC(N)=O)cc1C. The van der Waals surface area contributed by atoms with E-state index in [4.69, 9.17) is 5.73 Å². The van der Waals surface area contributed by atoms with Gasteiger partial charge >= 0.3 is 6.09 Å². The van der Waals surface area contributed by atoms with Crippen molar-refractivity contribution < 1.29 is 9.53 Å². The minimum Gasteiger partial charge on any atom is -0.448 e. The third-order valence-electron chi connectivity index (χ3n) is 3.15. The maximum atomic E-state index is 10.4. The maximum Gasteiger partial charge on any atom is 0.404 e. The van der Waals surface area contributed by atoms with E-state index in [2.05, 4.69) is 49.9 Å². The van der Waals surface area contributed by atoms with Crippen LogP contribution in [0, 0.1) is 20.8 Å². The van der Waals surface area contributed by atoms with Gasteiger partial charge in [-0.15, -0.1) is 0 Å². The van der Waals surface area contributed by atoms with Crippen molar-refractivity contribution in [1.29, 1.82) is 0 Å². The second-order valence-electron chi connectivity index (χ2n) is 4.64. The van der Waals surface area contributed by atoms with Gasteiger partial charge in [0, 0.05) is 12.6 Å². The van der Waals surface area contributed by atoms with Gasteiger partial charge in [0.1, 0.15) is 6.61 Å². The van der Waals surface area contributed by atoms with E-state index < -0.39 is 6.09 Å². The number of primary amides is 1. The summed E-state index contributed by atoms with van der Waals surface area (Å²) in [7, 11) is 0. The molecule has 18 heavy (non-hydrogen) atoms. The highest BCUT2D eigenvalue weighted by atomic mass is 16.5. The maximum absolute atomic E-state index is 10.4. The van der Waals surface area contributed by atoms with Crippen LogP contribution in [-0.4, -0.2) is 19.2 Å². The summed E-state index contributed by atoms with van der Waals surface area (Å²) in [6, 6.07) is 4.63. The number of carbonyl (C=O) groups excluding carboxylic acids is 1. The van der Waals surface area contributed by atoms with Crippen LogP contribution in [0.25, 0.3) is 0 Å². The van der Waals surface area contributed by atoms with Gasteiger partial charge in [0.15, 0.2) is 0 Å². The highest BCUT2D eigenvalue weighted by Crippen LogP contribution is 2.21. The largest absolute Gasteiger partial charge is 0.448 e. The Labute approximate surface area is 109 Å². The van der Waals surface area contributed by atoms with Crippen LogP contribution in [0.5, 0.6) is 0 Å². The Bertz CT molecular complexity index is 430. The normalized spacial score (nSPS) is 12.2. The molecule has 3 N–H and O–H groups in total. The number of hydrogen-bond acceptors (Lipinski definition) is 3. The molecular weight excluding hydrogens is 228 g/mol. The Kier molecular flexibility index (Phi) is 5.16. The van der Waals surface area contributed by atoms with Gasteiger partial charge in [-0.25, -0.2) is 4.79 Å². The Morgan fingerprint density at radius 1 is 1.28 bits per heavy atom. The first-order chi connectivity index (χ1) is 8.41. The quantitative estimate of drug-likeness (QED) is 0.788. The Hall–Kier alpha value is -1.55. The molecule has 0 aliphatic rings. The Morgan fingerprint density at radius 3 is 2.50 bits per heavy atom. The van der Waals surface area contributed by atoms with E-state index in [9.17, 15) is 4.79 Å². The molecule has 0 spiro atoms. The summed E-state index contributed by atoms with van der Waals surface area (Å²) >= 11 is 0. The second kappa shape index (κ2) is 6.40. The highest BCUT2D eigenvalue weighted by Gasteiger charge is 2.09. The van der Waals surface area contributed by atoms with E-state index in [1.54, 1.807) is 0 Å². The summed E-state index contributed by atoms with van der Waals surface area (Å²) < 4.78 is 4.68. The zero-order valence-corrected chi connectivity index (χ0v) is 11.5. The zero-order chi connectivity index (χ0) is 13.7. The standard InChI is InChI=1S/C14H22N2O2/c1-9-7-11(3)13(8-10(9)2)12(4)16-5-6-18-14(15)17/h7-8,12,16H,5-6H2,1-4H3,(H2,15,17). The summed E-state index contributed by atoms with van der Waals surface area (Å²) in [5.41, 5.74) is 10.0. The molecule has 100 valence electrons. The molecule has 0 aliphatic heterocycles. The molecule has 1 unspecified atom stereocenters. The van der Waals surface area contributed by atoms with E-state index in [-0.39, 0.29) is 6.04 Å². The van der Waals surface area contributed by atoms with Crippen LogP contribution >= 0.6 is 0 Å². The molecule has 0 saturated heterocycles. The average Bonchev–Trinajstić information content (AvgIpc) is 2.28.